The van der Waals surface area contributed by atoms with Crippen molar-refractivity contribution in [3.8, 4) is 0 Å². The van der Waals surface area contributed by atoms with E-state index >= 15 is 0 Å². The molecule has 46 heavy (non-hydrogen) atoms. The first kappa shape index (κ1) is 35.2. The first-order valence-electron chi connectivity index (χ1n) is 14.9. The predicted molar refractivity (Wildman–Crippen MR) is 188 cm³/mol. The van der Waals surface area contributed by atoms with Crippen molar-refractivity contribution in [2.45, 2.75) is 64.1 Å². The summed E-state index contributed by atoms with van der Waals surface area (Å²) in [6.07, 6.45) is 0.228. The zero-order chi connectivity index (χ0) is 33.6. The Kier molecular flexibility index (Phi) is 11.4. The zero-order valence-corrected chi connectivity index (χ0v) is 29.8. The summed E-state index contributed by atoms with van der Waals surface area (Å²) in [6, 6.07) is 27.4. The first-order chi connectivity index (χ1) is 21.7. The van der Waals surface area contributed by atoms with E-state index in [0.717, 1.165) is 25.5 Å². The Bertz CT molecular complexity index is 1780. The molecule has 0 aliphatic carbocycles. The van der Waals surface area contributed by atoms with Crippen LogP contribution in [0.5, 0.6) is 0 Å². The molecule has 4 aromatic rings. The van der Waals surface area contributed by atoms with Gasteiger partial charge in [0, 0.05) is 28.0 Å². The minimum Gasteiger partial charge on any atom is -0.350 e. The van der Waals surface area contributed by atoms with Crippen LogP contribution in [0.15, 0.2) is 106 Å². The predicted octanol–water partition coefficient (Wildman–Crippen LogP) is 7.47. The molecule has 4 aromatic carbocycles. The highest BCUT2D eigenvalue weighted by Crippen LogP contribution is 2.31. The Labute approximate surface area is 285 Å². The molecule has 0 radical (unpaired) electrons. The molecular weight excluding hydrogens is 686 g/mol. The molecule has 242 valence electrons. The van der Waals surface area contributed by atoms with E-state index in [9.17, 15) is 18.0 Å². The maximum atomic E-state index is 14.6. The number of nitrogens with one attached hydrogen (secondary N) is 1. The first-order valence-corrected chi connectivity index (χ1v) is 17.5. The quantitative estimate of drug-likeness (QED) is 0.174. The van der Waals surface area contributed by atoms with Crippen molar-refractivity contribution < 1.29 is 18.0 Å². The van der Waals surface area contributed by atoms with Gasteiger partial charge in [-0.3, -0.25) is 13.9 Å². The maximum absolute atomic E-state index is 14.6. The zero-order valence-electron chi connectivity index (χ0n) is 26.6. The van der Waals surface area contributed by atoms with E-state index in [1.807, 2.05) is 82.3 Å². The molecule has 0 unspecified atom stereocenters. The monoisotopic (exact) mass is 723 g/mol. The summed E-state index contributed by atoms with van der Waals surface area (Å²) in [5.41, 5.74) is 2.76. The van der Waals surface area contributed by atoms with Crippen LogP contribution in [0.1, 0.15) is 43.0 Å². The summed E-state index contributed by atoms with van der Waals surface area (Å²) in [5.74, 6) is -0.878. The summed E-state index contributed by atoms with van der Waals surface area (Å²) in [6.45, 7) is 8.74. The summed E-state index contributed by atoms with van der Waals surface area (Å²) in [7, 11) is -4.23. The normalized spacial score (nSPS) is 12.3. The van der Waals surface area contributed by atoms with Crippen LogP contribution in [0.25, 0.3) is 0 Å². The number of halogens is 2. The molecule has 0 bridgehead atoms. The molecule has 0 saturated carbocycles. The van der Waals surface area contributed by atoms with E-state index in [0.29, 0.717) is 10.6 Å². The number of hydrogen-bond donors (Lipinski definition) is 1. The van der Waals surface area contributed by atoms with Crippen LogP contribution >= 0.6 is 27.5 Å². The van der Waals surface area contributed by atoms with E-state index in [2.05, 4.69) is 21.2 Å². The lowest BCUT2D eigenvalue weighted by Gasteiger charge is -2.35. The number of nitrogens with zero attached hydrogens (tertiary/aromatic N) is 2. The molecule has 1 N–H and O–H groups in total. The van der Waals surface area contributed by atoms with E-state index in [-0.39, 0.29) is 29.5 Å². The van der Waals surface area contributed by atoms with Crippen LogP contribution in [0.4, 0.5) is 5.69 Å². The van der Waals surface area contributed by atoms with E-state index in [1.54, 1.807) is 37.3 Å². The Morgan fingerprint density at radius 2 is 1.48 bits per heavy atom. The van der Waals surface area contributed by atoms with Gasteiger partial charge in [0.15, 0.2) is 0 Å². The van der Waals surface area contributed by atoms with E-state index in [4.69, 9.17) is 11.6 Å². The van der Waals surface area contributed by atoms with Crippen molar-refractivity contribution >= 4 is 55.1 Å². The van der Waals surface area contributed by atoms with Crippen molar-refractivity contribution in [3.05, 3.63) is 129 Å². The van der Waals surface area contributed by atoms with Gasteiger partial charge in [-0.25, -0.2) is 8.42 Å². The molecule has 2 amide bonds. The maximum Gasteiger partial charge on any atom is 0.264 e. The van der Waals surface area contributed by atoms with Gasteiger partial charge in [0.1, 0.15) is 12.6 Å². The molecule has 10 heteroatoms. The number of amides is 2. The van der Waals surface area contributed by atoms with Gasteiger partial charge in [-0.2, -0.15) is 0 Å². The van der Waals surface area contributed by atoms with Crippen molar-refractivity contribution in [1.82, 2.24) is 10.2 Å². The second kappa shape index (κ2) is 14.8. The smallest absolute Gasteiger partial charge is 0.264 e. The highest BCUT2D eigenvalue weighted by Gasteiger charge is 2.36. The van der Waals surface area contributed by atoms with Crippen molar-refractivity contribution in [1.29, 1.82) is 0 Å². The summed E-state index contributed by atoms with van der Waals surface area (Å²) in [4.78, 5) is 30.1. The molecular formula is C36H39BrClN3O4S. The minimum atomic E-state index is -4.23. The van der Waals surface area contributed by atoms with Crippen molar-refractivity contribution in [3.63, 3.8) is 0 Å². The summed E-state index contributed by atoms with van der Waals surface area (Å²) < 4.78 is 30.5. The lowest BCUT2D eigenvalue weighted by molar-refractivity contribution is -0.140. The fraction of sp³-hybridized carbons (Fsp3) is 0.278. The third-order valence-corrected chi connectivity index (χ3v) is 10.1. The van der Waals surface area contributed by atoms with Gasteiger partial charge in [-0.1, -0.05) is 93.8 Å². The number of carbonyl (C=O) groups is 2. The third kappa shape index (κ3) is 8.99. The average Bonchev–Trinajstić information content (AvgIpc) is 3.00. The molecule has 0 heterocycles. The van der Waals surface area contributed by atoms with Gasteiger partial charge in [-0.15, -0.1) is 0 Å². The molecule has 4 rings (SSSR count). The molecule has 0 aliphatic rings. The average molecular weight is 725 g/mol. The minimum absolute atomic E-state index is 0.0380. The van der Waals surface area contributed by atoms with E-state index < -0.39 is 34.1 Å². The number of aryl methyl sites for hydroxylation is 1. The molecule has 1 atom stereocenters. The van der Waals surface area contributed by atoms with Crippen LogP contribution in [-0.4, -0.2) is 43.3 Å². The number of sulfonamides is 1. The Hall–Kier alpha value is -3.66. The molecule has 0 aromatic heterocycles. The fourth-order valence-corrected chi connectivity index (χ4v) is 6.92. The van der Waals surface area contributed by atoms with Gasteiger partial charge in [-0.05, 0) is 87.7 Å². The van der Waals surface area contributed by atoms with Crippen LogP contribution in [0, 0.1) is 13.8 Å². The lowest BCUT2D eigenvalue weighted by atomic mass is 10.0. The van der Waals surface area contributed by atoms with Gasteiger partial charge in [0.2, 0.25) is 11.8 Å². The van der Waals surface area contributed by atoms with Crippen LogP contribution in [-0.2, 0) is 32.6 Å². The van der Waals surface area contributed by atoms with Crippen molar-refractivity contribution in [2.75, 3.05) is 10.8 Å². The van der Waals surface area contributed by atoms with Crippen molar-refractivity contribution in [2.24, 2.45) is 0 Å². The Balaban J connectivity index is 1.84. The SMILES string of the molecule is Cc1ccc(S(=O)(=O)N(CC(=O)N(Cc2ccc(Br)cc2)[C@@H](Cc2ccccc2)C(=O)NC(C)(C)C)c2cccc(Cl)c2C)cc1. The lowest BCUT2D eigenvalue weighted by Crippen LogP contribution is -2.56. The molecule has 0 aliphatic heterocycles. The van der Waals surface area contributed by atoms with Gasteiger partial charge in [0.05, 0.1) is 10.6 Å². The van der Waals surface area contributed by atoms with Gasteiger partial charge in [0.25, 0.3) is 10.0 Å². The highest BCUT2D eigenvalue weighted by atomic mass is 79.9. The number of carbonyl (C=O) groups excluding carboxylic acids is 2. The topological polar surface area (TPSA) is 86.8 Å². The Morgan fingerprint density at radius 3 is 2.09 bits per heavy atom. The van der Waals surface area contributed by atoms with Gasteiger partial charge >= 0.3 is 0 Å². The van der Waals surface area contributed by atoms with Crippen LogP contribution in [0.3, 0.4) is 0 Å². The second-order valence-electron chi connectivity index (χ2n) is 12.3. The summed E-state index contributed by atoms with van der Waals surface area (Å²) in [5, 5.41) is 3.41. The largest absolute Gasteiger partial charge is 0.350 e. The molecule has 7 nitrogen and oxygen atoms in total. The fourth-order valence-electron chi connectivity index (χ4n) is 5.01. The number of anilines is 1. The second-order valence-corrected chi connectivity index (χ2v) is 15.5. The molecule has 0 spiro atoms. The molecule has 0 fully saturated rings. The number of hydrogen-bond acceptors (Lipinski definition) is 4. The van der Waals surface area contributed by atoms with E-state index in [1.165, 1.54) is 17.0 Å². The van der Waals surface area contributed by atoms with Crippen LogP contribution < -0.4 is 9.62 Å². The highest BCUT2D eigenvalue weighted by molar-refractivity contribution is 9.10. The standard InChI is InChI=1S/C36H39BrClN3O4S/c1-25-14-20-30(21-15-25)46(44,45)41(32-13-9-12-31(38)26(32)2)24-34(42)40(23-28-16-18-29(37)19-17-28)33(35(43)39-36(3,4)5)22-27-10-7-6-8-11-27/h6-21,33H,22-24H2,1-5H3,(H,39,43)/t33-/m0/s1. The van der Waals surface area contributed by atoms with Crippen LogP contribution in [0.2, 0.25) is 5.02 Å². The number of rotatable bonds is 11. The third-order valence-electron chi connectivity index (χ3n) is 7.43. The van der Waals surface area contributed by atoms with Gasteiger partial charge < -0.3 is 10.2 Å². The molecule has 0 saturated heterocycles. The number of benzene rings is 4. The Morgan fingerprint density at radius 1 is 0.848 bits per heavy atom. The summed E-state index contributed by atoms with van der Waals surface area (Å²) >= 11 is 9.92.